The molecule has 0 heterocycles. The van der Waals surface area contributed by atoms with Crippen molar-refractivity contribution in [3.05, 3.63) is 64.7 Å². The predicted molar refractivity (Wildman–Crippen MR) is 92.4 cm³/mol. The highest BCUT2D eigenvalue weighted by molar-refractivity contribution is 7.92. The molecule has 122 valence electrons. The van der Waals surface area contributed by atoms with E-state index in [-0.39, 0.29) is 16.5 Å². The zero-order valence-corrected chi connectivity index (χ0v) is 14.1. The Bertz CT molecular complexity index is 792. The number of carbonyl (C=O) groups excluding carboxylic acids is 1. The van der Waals surface area contributed by atoms with Crippen molar-refractivity contribution >= 4 is 33.2 Å². The molecule has 5 nitrogen and oxygen atoms in total. The highest BCUT2D eigenvalue weighted by Gasteiger charge is 2.12. The van der Waals surface area contributed by atoms with Crippen molar-refractivity contribution in [3.8, 4) is 0 Å². The van der Waals surface area contributed by atoms with Crippen LogP contribution in [0.2, 0.25) is 5.02 Å². The van der Waals surface area contributed by atoms with E-state index < -0.39 is 10.0 Å². The molecule has 0 bridgehead atoms. The molecule has 0 aliphatic heterocycles. The predicted octanol–water partition coefficient (Wildman–Crippen LogP) is 2.68. The summed E-state index contributed by atoms with van der Waals surface area (Å²) in [7, 11) is -3.41. The lowest BCUT2D eigenvalue weighted by Crippen LogP contribution is -2.26. The van der Waals surface area contributed by atoms with Crippen molar-refractivity contribution < 1.29 is 13.2 Å². The van der Waals surface area contributed by atoms with Gasteiger partial charge in [0.1, 0.15) is 0 Å². The van der Waals surface area contributed by atoms with Crippen molar-refractivity contribution in [1.29, 1.82) is 0 Å². The lowest BCUT2D eigenvalue weighted by Gasteiger charge is -2.10. The van der Waals surface area contributed by atoms with Gasteiger partial charge in [-0.2, -0.15) is 0 Å². The Morgan fingerprint density at radius 1 is 1.13 bits per heavy atom. The van der Waals surface area contributed by atoms with Crippen molar-refractivity contribution in [2.24, 2.45) is 0 Å². The van der Waals surface area contributed by atoms with Crippen molar-refractivity contribution in [2.45, 2.75) is 6.42 Å². The molecule has 1 amide bonds. The van der Waals surface area contributed by atoms with E-state index in [1.165, 1.54) is 18.2 Å². The normalized spacial score (nSPS) is 11.0. The Hall–Kier alpha value is -2.05. The Morgan fingerprint density at radius 2 is 1.83 bits per heavy atom. The van der Waals surface area contributed by atoms with E-state index in [0.29, 0.717) is 18.7 Å². The van der Waals surface area contributed by atoms with Crippen LogP contribution in [0.15, 0.2) is 48.5 Å². The van der Waals surface area contributed by atoms with Crippen molar-refractivity contribution in [2.75, 3.05) is 17.5 Å². The van der Waals surface area contributed by atoms with Crippen molar-refractivity contribution in [3.63, 3.8) is 0 Å². The molecule has 0 atom stereocenters. The summed E-state index contributed by atoms with van der Waals surface area (Å²) in [6.45, 7) is 0.461. The van der Waals surface area contributed by atoms with Gasteiger partial charge in [0.05, 0.1) is 16.8 Å². The van der Waals surface area contributed by atoms with Crippen LogP contribution in [0.3, 0.4) is 0 Å². The fourth-order valence-corrected chi connectivity index (χ4v) is 2.80. The fourth-order valence-electron chi connectivity index (χ4n) is 2.04. The third-order valence-electron chi connectivity index (χ3n) is 3.06. The van der Waals surface area contributed by atoms with Crippen LogP contribution in [0.4, 0.5) is 5.69 Å². The maximum atomic E-state index is 12.2. The first-order valence-corrected chi connectivity index (χ1v) is 9.21. The number of sulfonamides is 1. The molecule has 0 fully saturated rings. The first-order chi connectivity index (χ1) is 10.8. The first kappa shape index (κ1) is 17.3. The molecule has 2 aromatic rings. The van der Waals surface area contributed by atoms with Gasteiger partial charge in [-0.1, -0.05) is 41.9 Å². The number of amides is 1. The molecule has 0 aliphatic rings. The number of anilines is 1. The largest absolute Gasteiger partial charge is 0.352 e. The summed E-state index contributed by atoms with van der Waals surface area (Å²) in [5, 5.41) is 3.04. The molecule has 0 spiro atoms. The number of hydrogen-bond acceptors (Lipinski definition) is 3. The number of nitrogens with one attached hydrogen (secondary N) is 2. The van der Waals surface area contributed by atoms with Gasteiger partial charge in [0.15, 0.2) is 0 Å². The number of halogens is 1. The van der Waals surface area contributed by atoms with Gasteiger partial charge in [0.2, 0.25) is 10.0 Å². The van der Waals surface area contributed by atoms with Gasteiger partial charge in [0.25, 0.3) is 5.91 Å². The highest BCUT2D eigenvalue weighted by Crippen LogP contribution is 2.21. The average Bonchev–Trinajstić information content (AvgIpc) is 2.49. The zero-order valence-electron chi connectivity index (χ0n) is 12.5. The summed E-state index contributed by atoms with van der Waals surface area (Å²) in [6, 6.07) is 14.2. The van der Waals surface area contributed by atoms with Crippen LogP contribution in [-0.4, -0.2) is 27.1 Å². The Kier molecular flexibility index (Phi) is 5.63. The summed E-state index contributed by atoms with van der Waals surface area (Å²) < 4.78 is 24.8. The molecule has 0 unspecified atom stereocenters. The summed E-state index contributed by atoms with van der Waals surface area (Å²) in [6.07, 6.45) is 1.74. The molecule has 0 aromatic heterocycles. The Morgan fingerprint density at radius 3 is 2.48 bits per heavy atom. The molecule has 2 aromatic carbocycles. The standard InChI is InChI=1S/C16H17ClN2O3S/c1-23(21,22)19-13-7-8-15(17)14(11-13)16(20)18-10-9-12-5-3-2-4-6-12/h2-8,11,19H,9-10H2,1H3,(H,18,20). The topological polar surface area (TPSA) is 75.3 Å². The summed E-state index contributed by atoms with van der Waals surface area (Å²) >= 11 is 6.02. The summed E-state index contributed by atoms with van der Waals surface area (Å²) in [4.78, 5) is 12.2. The minimum atomic E-state index is -3.41. The van der Waals surface area contributed by atoms with E-state index in [9.17, 15) is 13.2 Å². The fraction of sp³-hybridized carbons (Fsp3) is 0.188. The number of hydrogen-bond donors (Lipinski definition) is 2. The van der Waals surface area contributed by atoms with E-state index in [2.05, 4.69) is 10.0 Å². The number of benzene rings is 2. The lowest BCUT2D eigenvalue weighted by molar-refractivity contribution is 0.0954. The summed E-state index contributed by atoms with van der Waals surface area (Å²) in [5.74, 6) is -0.344. The van der Waals surface area contributed by atoms with Crippen molar-refractivity contribution in [1.82, 2.24) is 5.32 Å². The van der Waals surface area contributed by atoms with Crippen LogP contribution >= 0.6 is 11.6 Å². The average molecular weight is 353 g/mol. The van der Waals surface area contributed by atoms with Crippen LogP contribution in [-0.2, 0) is 16.4 Å². The first-order valence-electron chi connectivity index (χ1n) is 6.94. The summed E-state index contributed by atoms with van der Waals surface area (Å²) in [5.41, 5.74) is 1.64. The zero-order chi connectivity index (χ0) is 16.9. The molecule has 2 N–H and O–H groups in total. The van der Waals surface area contributed by atoms with Crippen LogP contribution < -0.4 is 10.0 Å². The lowest BCUT2D eigenvalue weighted by atomic mass is 10.1. The van der Waals surface area contributed by atoms with Gasteiger partial charge in [-0.3, -0.25) is 9.52 Å². The van der Waals surface area contributed by atoms with E-state index in [4.69, 9.17) is 11.6 Å². The van der Waals surface area contributed by atoms with E-state index in [1.54, 1.807) is 0 Å². The molecule has 0 radical (unpaired) electrons. The van der Waals surface area contributed by atoms with E-state index in [1.807, 2.05) is 30.3 Å². The second-order valence-corrected chi connectivity index (χ2v) is 7.22. The molecular weight excluding hydrogens is 336 g/mol. The maximum Gasteiger partial charge on any atom is 0.252 e. The van der Waals surface area contributed by atoms with Gasteiger partial charge in [-0.25, -0.2) is 8.42 Å². The van der Waals surface area contributed by atoms with E-state index >= 15 is 0 Å². The molecule has 0 saturated carbocycles. The molecular formula is C16H17ClN2O3S. The van der Waals surface area contributed by atoms with Gasteiger partial charge >= 0.3 is 0 Å². The van der Waals surface area contributed by atoms with Gasteiger partial charge in [0, 0.05) is 12.2 Å². The minimum absolute atomic E-state index is 0.230. The quantitative estimate of drug-likeness (QED) is 0.839. The van der Waals surface area contributed by atoms with Crippen LogP contribution in [0, 0.1) is 0 Å². The van der Waals surface area contributed by atoms with Crippen LogP contribution in [0.1, 0.15) is 15.9 Å². The van der Waals surface area contributed by atoms with E-state index in [0.717, 1.165) is 11.8 Å². The number of rotatable bonds is 6. The monoisotopic (exact) mass is 352 g/mol. The second-order valence-electron chi connectivity index (χ2n) is 5.06. The molecule has 0 aliphatic carbocycles. The highest BCUT2D eigenvalue weighted by atomic mass is 35.5. The maximum absolute atomic E-state index is 12.2. The molecule has 2 rings (SSSR count). The molecule has 23 heavy (non-hydrogen) atoms. The molecule has 7 heteroatoms. The Balaban J connectivity index is 2.02. The van der Waals surface area contributed by atoms with Crippen LogP contribution in [0.5, 0.6) is 0 Å². The van der Waals surface area contributed by atoms with Crippen LogP contribution in [0.25, 0.3) is 0 Å². The third kappa shape index (κ3) is 5.58. The number of carbonyl (C=O) groups is 1. The third-order valence-corrected chi connectivity index (χ3v) is 3.99. The second kappa shape index (κ2) is 7.48. The Labute approximate surface area is 140 Å². The van der Waals surface area contributed by atoms with Gasteiger partial charge in [-0.05, 0) is 30.2 Å². The van der Waals surface area contributed by atoms with Gasteiger partial charge in [-0.15, -0.1) is 0 Å². The SMILES string of the molecule is CS(=O)(=O)Nc1ccc(Cl)c(C(=O)NCCc2ccccc2)c1. The molecule has 0 saturated heterocycles. The van der Waals surface area contributed by atoms with Gasteiger partial charge < -0.3 is 5.32 Å². The minimum Gasteiger partial charge on any atom is -0.352 e. The smallest absolute Gasteiger partial charge is 0.252 e.